The minimum atomic E-state index is -3.41. The Hall–Kier alpha value is -2.09. The first-order chi connectivity index (χ1) is 15.4. The molecule has 0 saturated carbocycles. The lowest BCUT2D eigenvalue weighted by atomic mass is 10.1. The van der Waals surface area contributed by atoms with Gasteiger partial charge in [0, 0.05) is 37.6 Å². The smallest absolute Gasteiger partial charge is 0.243 e. The number of nitrogens with zero attached hydrogens (tertiary/aromatic N) is 2. The van der Waals surface area contributed by atoms with E-state index < -0.39 is 10.0 Å². The molecular formula is C24H30ClN3O3S. The minimum Gasteiger partial charge on any atom is -0.370 e. The maximum Gasteiger partial charge on any atom is 0.243 e. The molecule has 1 N–H and O–H groups in total. The number of piperidine rings is 1. The fourth-order valence-electron chi connectivity index (χ4n) is 4.40. The average Bonchev–Trinajstić information content (AvgIpc) is 3.35. The first kappa shape index (κ1) is 23.1. The molecule has 0 bridgehead atoms. The molecule has 32 heavy (non-hydrogen) atoms. The molecule has 4 rings (SSSR count). The van der Waals surface area contributed by atoms with E-state index in [0.29, 0.717) is 35.8 Å². The zero-order valence-electron chi connectivity index (χ0n) is 18.2. The third-order valence-electron chi connectivity index (χ3n) is 6.20. The van der Waals surface area contributed by atoms with Crippen LogP contribution in [0.15, 0.2) is 47.4 Å². The predicted molar refractivity (Wildman–Crippen MR) is 129 cm³/mol. The van der Waals surface area contributed by atoms with E-state index >= 15 is 0 Å². The number of nitrogens with one attached hydrogen (secondary N) is 1. The van der Waals surface area contributed by atoms with Crippen LogP contribution in [-0.4, -0.2) is 44.8 Å². The van der Waals surface area contributed by atoms with Crippen molar-refractivity contribution < 1.29 is 13.2 Å². The molecule has 2 fully saturated rings. The maximum absolute atomic E-state index is 12.7. The van der Waals surface area contributed by atoms with Crippen molar-refractivity contribution in [1.29, 1.82) is 0 Å². The van der Waals surface area contributed by atoms with Crippen LogP contribution in [0.25, 0.3) is 0 Å². The van der Waals surface area contributed by atoms with E-state index in [0.717, 1.165) is 55.7 Å². The second-order valence-corrected chi connectivity index (χ2v) is 10.9. The number of aryl methyl sites for hydroxylation is 1. The summed E-state index contributed by atoms with van der Waals surface area (Å²) in [5, 5.41) is 3.62. The van der Waals surface area contributed by atoms with Crippen LogP contribution in [0.5, 0.6) is 0 Å². The maximum atomic E-state index is 12.7. The SMILES string of the molecule is O=C(CCc1ccc(S(=O)(=O)N2CCCC2)cc1)Nc1cc(Cl)ccc1N1CCCCC1. The van der Waals surface area contributed by atoms with Crippen LogP contribution in [0.2, 0.25) is 5.02 Å². The zero-order chi connectivity index (χ0) is 22.6. The largest absolute Gasteiger partial charge is 0.370 e. The quantitative estimate of drug-likeness (QED) is 0.630. The van der Waals surface area contributed by atoms with Crippen LogP contribution in [0.4, 0.5) is 11.4 Å². The number of carbonyl (C=O) groups excluding carboxylic acids is 1. The Labute approximate surface area is 195 Å². The van der Waals surface area contributed by atoms with Gasteiger partial charge < -0.3 is 10.2 Å². The molecule has 0 radical (unpaired) electrons. The van der Waals surface area contributed by atoms with Crippen LogP contribution < -0.4 is 10.2 Å². The van der Waals surface area contributed by atoms with Gasteiger partial charge in [-0.3, -0.25) is 4.79 Å². The number of halogens is 1. The average molecular weight is 476 g/mol. The fraction of sp³-hybridized carbons (Fsp3) is 0.458. The Bertz CT molecular complexity index is 1040. The van der Waals surface area contributed by atoms with Crippen molar-refractivity contribution in [3.8, 4) is 0 Å². The van der Waals surface area contributed by atoms with E-state index in [1.807, 2.05) is 12.1 Å². The Kier molecular flexibility index (Phi) is 7.38. The monoisotopic (exact) mass is 475 g/mol. The first-order valence-corrected chi connectivity index (χ1v) is 13.2. The van der Waals surface area contributed by atoms with E-state index in [-0.39, 0.29) is 5.91 Å². The molecule has 0 aromatic heterocycles. The lowest BCUT2D eigenvalue weighted by Crippen LogP contribution is -2.30. The molecule has 2 aromatic carbocycles. The van der Waals surface area contributed by atoms with Crippen molar-refractivity contribution in [2.24, 2.45) is 0 Å². The molecule has 1 amide bonds. The van der Waals surface area contributed by atoms with Crippen LogP contribution >= 0.6 is 11.6 Å². The Morgan fingerprint density at radius 2 is 1.56 bits per heavy atom. The molecule has 0 atom stereocenters. The number of carbonyl (C=O) groups is 1. The van der Waals surface area contributed by atoms with Crippen molar-refractivity contribution in [2.75, 3.05) is 36.4 Å². The summed E-state index contributed by atoms with van der Waals surface area (Å²) in [6.45, 7) is 3.15. The van der Waals surface area contributed by atoms with Gasteiger partial charge in [-0.1, -0.05) is 23.7 Å². The van der Waals surface area contributed by atoms with Crippen LogP contribution in [0.1, 0.15) is 44.1 Å². The topological polar surface area (TPSA) is 69.7 Å². The lowest BCUT2D eigenvalue weighted by molar-refractivity contribution is -0.116. The normalized spacial score (nSPS) is 17.5. The minimum absolute atomic E-state index is 0.0840. The Morgan fingerprint density at radius 1 is 0.906 bits per heavy atom. The number of anilines is 2. The molecule has 0 unspecified atom stereocenters. The second kappa shape index (κ2) is 10.2. The van der Waals surface area contributed by atoms with E-state index in [2.05, 4.69) is 10.2 Å². The number of hydrogen-bond acceptors (Lipinski definition) is 4. The number of amides is 1. The standard InChI is InChI=1S/C24H30ClN3O3S/c25-20-9-12-23(27-14-2-1-3-15-27)22(18-20)26-24(29)13-8-19-6-10-21(11-7-19)32(30,31)28-16-4-5-17-28/h6-7,9-12,18H,1-5,8,13-17H2,(H,26,29). The van der Waals surface area contributed by atoms with Gasteiger partial charge in [-0.15, -0.1) is 0 Å². The summed E-state index contributed by atoms with van der Waals surface area (Å²) in [6.07, 6.45) is 6.22. The van der Waals surface area contributed by atoms with Gasteiger partial charge in [-0.05, 0) is 74.4 Å². The molecule has 0 aliphatic carbocycles. The summed E-state index contributed by atoms with van der Waals surface area (Å²) < 4.78 is 26.8. The molecule has 172 valence electrons. The lowest BCUT2D eigenvalue weighted by Gasteiger charge is -2.30. The van der Waals surface area contributed by atoms with E-state index in [9.17, 15) is 13.2 Å². The number of benzene rings is 2. The molecule has 6 nitrogen and oxygen atoms in total. The van der Waals surface area contributed by atoms with Crippen molar-refractivity contribution >= 4 is 38.9 Å². The fourth-order valence-corrected chi connectivity index (χ4v) is 6.08. The van der Waals surface area contributed by atoms with Gasteiger partial charge in [-0.25, -0.2) is 8.42 Å². The summed E-state index contributed by atoms with van der Waals surface area (Å²) in [5.74, 6) is -0.0840. The zero-order valence-corrected chi connectivity index (χ0v) is 19.8. The van der Waals surface area contributed by atoms with Crippen molar-refractivity contribution in [2.45, 2.75) is 49.8 Å². The number of rotatable bonds is 7. The van der Waals surface area contributed by atoms with Crippen molar-refractivity contribution in [3.05, 3.63) is 53.1 Å². The van der Waals surface area contributed by atoms with Gasteiger partial charge in [-0.2, -0.15) is 4.31 Å². The third kappa shape index (κ3) is 5.45. The number of sulfonamides is 1. The van der Waals surface area contributed by atoms with E-state index in [4.69, 9.17) is 11.6 Å². The van der Waals surface area contributed by atoms with E-state index in [1.54, 1.807) is 34.6 Å². The van der Waals surface area contributed by atoms with Crippen molar-refractivity contribution in [3.63, 3.8) is 0 Å². The summed E-state index contributed by atoms with van der Waals surface area (Å²) in [4.78, 5) is 15.3. The predicted octanol–water partition coefficient (Wildman–Crippen LogP) is 4.69. The Morgan fingerprint density at radius 3 is 2.25 bits per heavy atom. The first-order valence-electron chi connectivity index (χ1n) is 11.4. The van der Waals surface area contributed by atoms with Gasteiger partial charge in [0.25, 0.3) is 0 Å². The molecular weight excluding hydrogens is 446 g/mol. The summed E-state index contributed by atoms with van der Waals surface area (Å²) in [5.41, 5.74) is 2.69. The van der Waals surface area contributed by atoms with Crippen LogP contribution in [-0.2, 0) is 21.2 Å². The number of hydrogen-bond donors (Lipinski definition) is 1. The molecule has 8 heteroatoms. The highest BCUT2D eigenvalue weighted by Crippen LogP contribution is 2.31. The highest BCUT2D eigenvalue weighted by atomic mass is 35.5. The van der Waals surface area contributed by atoms with Gasteiger partial charge in [0.15, 0.2) is 0 Å². The molecule has 0 spiro atoms. The summed E-state index contributed by atoms with van der Waals surface area (Å²) in [7, 11) is -3.41. The van der Waals surface area contributed by atoms with Gasteiger partial charge in [0.2, 0.25) is 15.9 Å². The van der Waals surface area contributed by atoms with E-state index in [1.165, 1.54) is 6.42 Å². The van der Waals surface area contributed by atoms with Gasteiger partial charge >= 0.3 is 0 Å². The van der Waals surface area contributed by atoms with Gasteiger partial charge in [0.05, 0.1) is 16.3 Å². The van der Waals surface area contributed by atoms with Crippen LogP contribution in [0.3, 0.4) is 0 Å². The molecule has 2 saturated heterocycles. The van der Waals surface area contributed by atoms with Crippen LogP contribution in [0, 0.1) is 0 Å². The third-order valence-corrected chi connectivity index (χ3v) is 8.34. The molecule has 2 aliphatic heterocycles. The molecule has 2 aromatic rings. The Balaban J connectivity index is 1.37. The van der Waals surface area contributed by atoms with Crippen molar-refractivity contribution in [1.82, 2.24) is 4.31 Å². The summed E-state index contributed by atoms with van der Waals surface area (Å²) >= 11 is 6.19. The van der Waals surface area contributed by atoms with Gasteiger partial charge in [0.1, 0.15) is 0 Å². The highest BCUT2D eigenvalue weighted by molar-refractivity contribution is 7.89. The second-order valence-electron chi connectivity index (χ2n) is 8.51. The molecule has 2 aliphatic rings. The summed E-state index contributed by atoms with van der Waals surface area (Å²) in [6, 6.07) is 12.5. The molecule has 2 heterocycles. The highest BCUT2D eigenvalue weighted by Gasteiger charge is 2.26.